The van der Waals surface area contributed by atoms with E-state index in [2.05, 4.69) is 12.2 Å². The molecule has 0 fully saturated rings. The summed E-state index contributed by atoms with van der Waals surface area (Å²) in [6.45, 7) is 2.16. The van der Waals surface area contributed by atoms with E-state index < -0.39 is 10.8 Å². The van der Waals surface area contributed by atoms with Crippen molar-refractivity contribution in [1.82, 2.24) is 0 Å². The van der Waals surface area contributed by atoms with Crippen molar-refractivity contribution in [3.8, 4) is 0 Å². The van der Waals surface area contributed by atoms with Crippen LogP contribution in [-0.4, -0.2) is 16.7 Å². The number of primary amides is 1. The fourth-order valence-corrected chi connectivity index (χ4v) is 4.75. The maximum Gasteiger partial charge on any atom is 0.269 e. The van der Waals surface area contributed by atoms with Gasteiger partial charge < -0.3 is 11.1 Å². The average molecular weight is 399 g/mol. The van der Waals surface area contributed by atoms with Gasteiger partial charge in [0.25, 0.3) is 11.6 Å². The number of nitro benzene ring substituents is 1. The number of thiophene rings is 1. The predicted octanol–water partition coefficient (Wildman–Crippen LogP) is 3.92. The van der Waals surface area contributed by atoms with E-state index in [4.69, 9.17) is 5.73 Å². The minimum Gasteiger partial charge on any atom is -0.365 e. The fraction of sp³-hybridized carbons (Fsp3) is 0.300. The zero-order chi connectivity index (χ0) is 20.3. The van der Waals surface area contributed by atoms with Crippen molar-refractivity contribution in [2.75, 3.05) is 5.32 Å². The van der Waals surface area contributed by atoms with Gasteiger partial charge in [-0.15, -0.1) is 11.3 Å². The number of anilines is 1. The molecule has 0 saturated heterocycles. The molecule has 1 heterocycles. The third kappa shape index (κ3) is 4.28. The number of hydrogen-bond donors (Lipinski definition) is 2. The number of carbonyl (C=O) groups is 2. The number of carbonyl (C=O) groups excluding carboxylic acids is 2. The van der Waals surface area contributed by atoms with E-state index in [1.807, 2.05) is 0 Å². The number of benzene rings is 1. The highest BCUT2D eigenvalue weighted by molar-refractivity contribution is 7.17. The maximum atomic E-state index is 12.3. The lowest BCUT2D eigenvalue weighted by atomic mass is 9.85. The summed E-state index contributed by atoms with van der Waals surface area (Å²) in [6.07, 6.45) is 6.71. The van der Waals surface area contributed by atoms with Crippen molar-refractivity contribution >= 4 is 39.9 Å². The number of fused-ring (bicyclic) bond motifs is 1. The second kappa shape index (κ2) is 8.35. The molecule has 0 saturated carbocycles. The second-order valence-corrected chi connectivity index (χ2v) is 7.87. The Morgan fingerprint density at radius 2 is 2.07 bits per heavy atom. The molecule has 8 heteroatoms. The Kier molecular flexibility index (Phi) is 5.89. The van der Waals surface area contributed by atoms with Crippen molar-refractivity contribution in [3.05, 3.63) is 62.0 Å². The van der Waals surface area contributed by atoms with Gasteiger partial charge in [-0.3, -0.25) is 19.7 Å². The largest absolute Gasteiger partial charge is 0.365 e. The highest BCUT2D eigenvalue weighted by Crippen LogP contribution is 2.40. The first-order valence-electron chi connectivity index (χ1n) is 9.06. The van der Waals surface area contributed by atoms with Crippen LogP contribution in [0.5, 0.6) is 0 Å². The topological polar surface area (TPSA) is 115 Å². The molecule has 0 aliphatic heterocycles. The number of nitrogens with one attached hydrogen (secondary N) is 1. The Labute approximate surface area is 166 Å². The summed E-state index contributed by atoms with van der Waals surface area (Å²) >= 11 is 1.42. The SMILES string of the molecule is CCC1CCc2c(sc(NC(=O)/C=C/c3ccc([N+](=O)[O-])cc3)c2C(N)=O)C1. The highest BCUT2D eigenvalue weighted by atomic mass is 32.1. The van der Waals surface area contributed by atoms with Gasteiger partial charge in [0.2, 0.25) is 5.91 Å². The standard InChI is InChI=1S/C20H21N3O4S/c1-2-12-5-9-15-16(11-12)28-20(18(15)19(21)25)22-17(24)10-6-13-3-7-14(8-4-13)23(26)27/h3-4,6-8,10,12H,2,5,9,11H2,1H3,(H2,21,25)(H,22,24)/b10-6+. The molecule has 146 valence electrons. The predicted molar refractivity (Wildman–Crippen MR) is 109 cm³/mol. The minimum absolute atomic E-state index is 0.0118. The van der Waals surface area contributed by atoms with E-state index in [9.17, 15) is 19.7 Å². The van der Waals surface area contributed by atoms with Gasteiger partial charge in [-0.25, -0.2) is 0 Å². The van der Waals surface area contributed by atoms with Gasteiger partial charge in [0.1, 0.15) is 5.00 Å². The van der Waals surface area contributed by atoms with Crippen LogP contribution in [0.4, 0.5) is 10.7 Å². The molecular weight excluding hydrogens is 378 g/mol. The van der Waals surface area contributed by atoms with E-state index in [0.29, 0.717) is 22.0 Å². The van der Waals surface area contributed by atoms with Crippen molar-refractivity contribution in [2.45, 2.75) is 32.6 Å². The van der Waals surface area contributed by atoms with E-state index in [-0.39, 0.29) is 11.6 Å². The normalized spacial score (nSPS) is 16.0. The molecule has 3 N–H and O–H groups in total. The van der Waals surface area contributed by atoms with Crippen LogP contribution in [0.25, 0.3) is 6.08 Å². The minimum atomic E-state index is -0.526. The molecular formula is C20H21N3O4S. The average Bonchev–Trinajstić information content (AvgIpc) is 3.03. The van der Waals surface area contributed by atoms with Gasteiger partial charge in [-0.1, -0.05) is 13.3 Å². The van der Waals surface area contributed by atoms with Crippen molar-refractivity contribution < 1.29 is 14.5 Å². The Bertz CT molecular complexity index is 947. The number of nitrogens with two attached hydrogens (primary N) is 1. The van der Waals surface area contributed by atoms with Gasteiger partial charge in [0, 0.05) is 23.1 Å². The second-order valence-electron chi connectivity index (χ2n) is 6.76. The van der Waals surface area contributed by atoms with Crippen molar-refractivity contribution in [3.63, 3.8) is 0 Å². The van der Waals surface area contributed by atoms with Crippen molar-refractivity contribution in [2.24, 2.45) is 11.7 Å². The molecule has 0 spiro atoms. The van der Waals surface area contributed by atoms with E-state index >= 15 is 0 Å². The fourth-order valence-electron chi connectivity index (χ4n) is 3.38. The zero-order valence-electron chi connectivity index (χ0n) is 15.4. The molecule has 2 amide bonds. The molecule has 3 rings (SSSR count). The number of nitro groups is 1. The first-order valence-corrected chi connectivity index (χ1v) is 9.88. The first-order chi connectivity index (χ1) is 13.4. The van der Waals surface area contributed by atoms with Crippen LogP contribution in [0.15, 0.2) is 30.3 Å². The van der Waals surface area contributed by atoms with Crippen LogP contribution in [0.2, 0.25) is 0 Å². The molecule has 1 aromatic heterocycles. The van der Waals surface area contributed by atoms with Gasteiger partial charge in [-0.05, 0) is 54.5 Å². The summed E-state index contributed by atoms with van der Waals surface area (Å²) < 4.78 is 0. The summed E-state index contributed by atoms with van der Waals surface area (Å²) in [5.41, 5.74) is 7.61. The number of rotatable bonds is 6. The van der Waals surface area contributed by atoms with Gasteiger partial charge in [-0.2, -0.15) is 0 Å². The number of amides is 2. The molecule has 1 unspecified atom stereocenters. The van der Waals surface area contributed by atoms with Gasteiger partial charge in [0.15, 0.2) is 0 Å². The van der Waals surface area contributed by atoms with Crippen LogP contribution in [0.1, 0.15) is 46.1 Å². The quantitative estimate of drug-likeness (QED) is 0.435. The van der Waals surface area contributed by atoms with Crippen LogP contribution < -0.4 is 11.1 Å². The summed E-state index contributed by atoms with van der Waals surface area (Å²) in [6, 6.07) is 5.87. The molecule has 1 aliphatic rings. The summed E-state index contributed by atoms with van der Waals surface area (Å²) in [7, 11) is 0. The highest BCUT2D eigenvalue weighted by Gasteiger charge is 2.27. The molecule has 7 nitrogen and oxygen atoms in total. The molecule has 1 atom stereocenters. The van der Waals surface area contributed by atoms with Crippen LogP contribution in [-0.2, 0) is 17.6 Å². The number of hydrogen-bond acceptors (Lipinski definition) is 5. The summed E-state index contributed by atoms with van der Waals surface area (Å²) in [4.78, 5) is 35.6. The smallest absolute Gasteiger partial charge is 0.269 e. The molecule has 1 aliphatic carbocycles. The molecule has 28 heavy (non-hydrogen) atoms. The molecule has 0 radical (unpaired) electrons. The van der Waals surface area contributed by atoms with E-state index in [0.717, 1.165) is 36.1 Å². The zero-order valence-corrected chi connectivity index (χ0v) is 16.3. The summed E-state index contributed by atoms with van der Waals surface area (Å²) in [5, 5.41) is 13.9. The van der Waals surface area contributed by atoms with Crippen LogP contribution in [0.3, 0.4) is 0 Å². The third-order valence-electron chi connectivity index (χ3n) is 4.96. The lowest BCUT2D eigenvalue weighted by molar-refractivity contribution is -0.384. The lowest BCUT2D eigenvalue weighted by Gasteiger charge is -2.20. The summed E-state index contributed by atoms with van der Waals surface area (Å²) in [5.74, 6) is -0.314. The van der Waals surface area contributed by atoms with Gasteiger partial charge in [0.05, 0.1) is 10.5 Å². The Morgan fingerprint density at radius 3 is 2.68 bits per heavy atom. The number of non-ortho nitro benzene ring substituents is 1. The third-order valence-corrected chi connectivity index (χ3v) is 6.13. The molecule has 1 aromatic carbocycles. The molecule has 0 bridgehead atoms. The Morgan fingerprint density at radius 1 is 1.36 bits per heavy atom. The van der Waals surface area contributed by atoms with Crippen molar-refractivity contribution in [1.29, 1.82) is 0 Å². The lowest BCUT2D eigenvalue weighted by Crippen LogP contribution is -2.19. The van der Waals surface area contributed by atoms with E-state index in [1.54, 1.807) is 18.2 Å². The van der Waals surface area contributed by atoms with E-state index in [1.165, 1.54) is 29.5 Å². The molecule has 2 aromatic rings. The Hall–Kier alpha value is -3.00. The first kappa shape index (κ1) is 19.8. The number of nitrogens with zero attached hydrogens (tertiary/aromatic N) is 1. The maximum absolute atomic E-state index is 12.3. The van der Waals surface area contributed by atoms with Crippen LogP contribution in [0, 0.1) is 16.0 Å². The van der Waals surface area contributed by atoms with Crippen LogP contribution >= 0.6 is 11.3 Å². The van der Waals surface area contributed by atoms with Gasteiger partial charge >= 0.3 is 0 Å². The monoisotopic (exact) mass is 399 g/mol. The Balaban J connectivity index is 1.75.